The summed E-state index contributed by atoms with van der Waals surface area (Å²) in [5.74, 6) is 5.83. The van der Waals surface area contributed by atoms with Gasteiger partial charge in [0.2, 0.25) is 0 Å². The van der Waals surface area contributed by atoms with Crippen molar-refractivity contribution in [2.75, 3.05) is 0 Å². The lowest BCUT2D eigenvalue weighted by molar-refractivity contribution is 0.545. The van der Waals surface area contributed by atoms with Crippen LogP contribution in [-0.2, 0) is 6.42 Å². The topological polar surface area (TPSA) is 38.0 Å². The number of hydrogen-bond donors (Lipinski definition) is 2. The first kappa shape index (κ1) is 14.8. The summed E-state index contributed by atoms with van der Waals surface area (Å²) < 4.78 is 0. The number of rotatable bonds is 4. The smallest absolute Gasteiger partial charge is 0.0505 e. The third kappa shape index (κ3) is 3.09. The minimum Gasteiger partial charge on any atom is -0.271 e. The van der Waals surface area contributed by atoms with E-state index in [-0.39, 0.29) is 6.04 Å². The molecule has 1 atom stereocenters. The van der Waals surface area contributed by atoms with E-state index in [0.29, 0.717) is 0 Å². The van der Waals surface area contributed by atoms with Crippen molar-refractivity contribution >= 4 is 0 Å². The molecule has 0 spiro atoms. The van der Waals surface area contributed by atoms with Crippen LogP contribution in [0.1, 0.15) is 39.4 Å². The molecular formula is C18H24N2. The van der Waals surface area contributed by atoms with Gasteiger partial charge in [-0.2, -0.15) is 0 Å². The fourth-order valence-corrected chi connectivity index (χ4v) is 3.04. The fourth-order valence-electron chi connectivity index (χ4n) is 3.04. The van der Waals surface area contributed by atoms with Crippen LogP contribution in [0.5, 0.6) is 0 Å². The van der Waals surface area contributed by atoms with E-state index in [2.05, 4.69) is 69.5 Å². The van der Waals surface area contributed by atoms with Crippen molar-refractivity contribution in [1.82, 2.24) is 5.43 Å². The zero-order valence-corrected chi connectivity index (χ0v) is 12.8. The Bertz CT molecular complexity index is 579. The second-order valence-electron chi connectivity index (χ2n) is 5.66. The number of nitrogens with two attached hydrogens (primary N) is 1. The molecular weight excluding hydrogens is 244 g/mol. The molecule has 0 amide bonds. The minimum atomic E-state index is 0.150. The average Bonchev–Trinajstić information content (AvgIpc) is 2.38. The lowest BCUT2D eigenvalue weighted by atomic mass is 9.90. The molecule has 0 aliphatic carbocycles. The van der Waals surface area contributed by atoms with E-state index in [9.17, 15) is 0 Å². The Balaban J connectivity index is 2.37. The predicted molar refractivity (Wildman–Crippen MR) is 85.6 cm³/mol. The van der Waals surface area contributed by atoms with Crippen LogP contribution in [0, 0.1) is 27.7 Å². The Hall–Kier alpha value is -1.64. The Morgan fingerprint density at radius 3 is 2.10 bits per heavy atom. The molecule has 0 heterocycles. The maximum Gasteiger partial charge on any atom is 0.0505 e. The minimum absolute atomic E-state index is 0.150. The summed E-state index contributed by atoms with van der Waals surface area (Å²) in [6.07, 6.45) is 0.911. The van der Waals surface area contributed by atoms with E-state index in [1.807, 2.05) is 0 Å². The van der Waals surface area contributed by atoms with Gasteiger partial charge in [-0.25, -0.2) is 0 Å². The molecule has 2 aromatic rings. The highest BCUT2D eigenvalue weighted by atomic mass is 15.2. The van der Waals surface area contributed by atoms with Gasteiger partial charge in [0, 0.05) is 0 Å². The molecule has 2 nitrogen and oxygen atoms in total. The van der Waals surface area contributed by atoms with Crippen molar-refractivity contribution in [3.63, 3.8) is 0 Å². The van der Waals surface area contributed by atoms with Gasteiger partial charge in [0.25, 0.3) is 0 Å². The number of hydrazine groups is 1. The fraction of sp³-hybridized carbons (Fsp3) is 0.333. The van der Waals surface area contributed by atoms with Gasteiger partial charge < -0.3 is 0 Å². The molecule has 0 aliphatic heterocycles. The highest BCUT2D eigenvalue weighted by Gasteiger charge is 2.16. The Kier molecular flexibility index (Phi) is 4.58. The zero-order valence-electron chi connectivity index (χ0n) is 12.8. The van der Waals surface area contributed by atoms with Gasteiger partial charge in [0.05, 0.1) is 6.04 Å². The first-order valence-corrected chi connectivity index (χ1v) is 7.11. The molecule has 2 rings (SSSR count). The van der Waals surface area contributed by atoms with Gasteiger partial charge in [0.15, 0.2) is 0 Å². The molecule has 20 heavy (non-hydrogen) atoms. The quantitative estimate of drug-likeness (QED) is 0.656. The summed E-state index contributed by atoms with van der Waals surface area (Å²) in [4.78, 5) is 0. The Morgan fingerprint density at radius 2 is 1.55 bits per heavy atom. The third-order valence-electron chi connectivity index (χ3n) is 3.97. The van der Waals surface area contributed by atoms with E-state index in [0.717, 1.165) is 6.42 Å². The van der Waals surface area contributed by atoms with Crippen molar-refractivity contribution in [3.05, 3.63) is 69.8 Å². The van der Waals surface area contributed by atoms with Gasteiger partial charge in [0.1, 0.15) is 0 Å². The van der Waals surface area contributed by atoms with Crippen molar-refractivity contribution in [1.29, 1.82) is 0 Å². The SMILES string of the molecule is Cc1cc(C)c(C(Cc2ccccc2C)NN)c(C)c1. The third-order valence-corrected chi connectivity index (χ3v) is 3.97. The van der Waals surface area contributed by atoms with E-state index >= 15 is 0 Å². The number of hydrogen-bond acceptors (Lipinski definition) is 2. The zero-order chi connectivity index (χ0) is 14.7. The molecule has 106 valence electrons. The van der Waals surface area contributed by atoms with Crippen LogP contribution < -0.4 is 11.3 Å². The van der Waals surface area contributed by atoms with Crippen LogP contribution in [-0.4, -0.2) is 0 Å². The molecule has 2 heteroatoms. The lowest BCUT2D eigenvalue weighted by Gasteiger charge is -2.22. The van der Waals surface area contributed by atoms with Crippen LogP contribution in [0.3, 0.4) is 0 Å². The standard InChI is InChI=1S/C18H24N2/c1-12-9-14(3)18(15(4)10-12)17(20-19)11-16-8-6-5-7-13(16)2/h5-10,17,20H,11,19H2,1-4H3. The van der Waals surface area contributed by atoms with E-state index in [4.69, 9.17) is 5.84 Å². The summed E-state index contributed by atoms with van der Waals surface area (Å²) >= 11 is 0. The second kappa shape index (κ2) is 6.21. The van der Waals surface area contributed by atoms with Crippen molar-refractivity contribution in [2.24, 2.45) is 5.84 Å². The monoisotopic (exact) mass is 268 g/mol. The Morgan fingerprint density at radius 1 is 0.950 bits per heavy atom. The van der Waals surface area contributed by atoms with Crippen molar-refractivity contribution in [3.8, 4) is 0 Å². The van der Waals surface area contributed by atoms with E-state index < -0.39 is 0 Å². The maximum absolute atomic E-state index is 5.83. The van der Waals surface area contributed by atoms with Gasteiger partial charge in [-0.15, -0.1) is 0 Å². The summed E-state index contributed by atoms with van der Waals surface area (Å²) in [5.41, 5.74) is 10.9. The molecule has 0 saturated carbocycles. The molecule has 2 aromatic carbocycles. The second-order valence-corrected chi connectivity index (χ2v) is 5.66. The highest BCUT2D eigenvalue weighted by molar-refractivity contribution is 5.41. The lowest BCUT2D eigenvalue weighted by Crippen LogP contribution is -2.31. The summed E-state index contributed by atoms with van der Waals surface area (Å²) in [6, 6.07) is 13.1. The van der Waals surface area contributed by atoms with Crippen LogP contribution in [0.2, 0.25) is 0 Å². The molecule has 0 aromatic heterocycles. The Labute approximate surface area is 122 Å². The molecule has 0 aliphatic rings. The number of aryl methyl sites for hydroxylation is 4. The van der Waals surface area contributed by atoms with Crippen LogP contribution in [0.25, 0.3) is 0 Å². The highest BCUT2D eigenvalue weighted by Crippen LogP contribution is 2.26. The van der Waals surface area contributed by atoms with Gasteiger partial charge in [-0.1, -0.05) is 42.0 Å². The van der Waals surface area contributed by atoms with Gasteiger partial charge >= 0.3 is 0 Å². The normalized spacial score (nSPS) is 12.4. The van der Waals surface area contributed by atoms with Crippen molar-refractivity contribution < 1.29 is 0 Å². The summed E-state index contributed by atoms with van der Waals surface area (Å²) in [7, 11) is 0. The first-order valence-electron chi connectivity index (χ1n) is 7.11. The van der Waals surface area contributed by atoms with Gasteiger partial charge in [-0.3, -0.25) is 11.3 Å². The molecule has 0 saturated heterocycles. The number of nitrogens with one attached hydrogen (secondary N) is 1. The first-order chi connectivity index (χ1) is 9.52. The van der Waals surface area contributed by atoms with Crippen LogP contribution in [0.4, 0.5) is 0 Å². The van der Waals surface area contributed by atoms with Gasteiger partial charge in [-0.05, 0) is 61.9 Å². The summed E-state index contributed by atoms with van der Waals surface area (Å²) in [6.45, 7) is 8.61. The van der Waals surface area contributed by atoms with Crippen molar-refractivity contribution in [2.45, 2.75) is 40.2 Å². The van der Waals surface area contributed by atoms with Crippen LogP contribution >= 0.6 is 0 Å². The molecule has 3 N–H and O–H groups in total. The maximum atomic E-state index is 5.83. The molecule has 0 fully saturated rings. The summed E-state index contributed by atoms with van der Waals surface area (Å²) in [5, 5.41) is 0. The molecule has 0 radical (unpaired) electrons. The molecule has 1 unspecified atom stereocenters. The average molecular weight is 268 g/mol. The number of benzene rings is 2. The predicted octanol–water partition coefficient (Wildman–Crippen LogP) is 3.67. The van der Waals surface area contributed by atoms with Crippen LogP contribution in [0.15, 0.2) is 36.4 Å². The largest absolute Gasteiger partial charge is 0.271 e. The molecule has 0 bridgehead atoms. The van der Waals surface area contributed by atoms with E-state index in [1.54, 1.807) is 0 Å². The van der Waals surface area contributed by atoms with E-state index in [1.165, 1.54) is 33.4 Å².